The second-order valence-electron chi connectivity index (χ2n) is 13.1. The van der Waals surface area contributed by atoms with Crippen LogP contribution in [0.25, 0.3) is 0 Å². The maximum absolute atomic E-state index is 13.4. The standard InChI is InChI=1S/C40H46O16/c1-2-26-27(19-34(46)51-15-12-24-6-10-30(44)32(18-24)54-25-7-3-22(4-8-25)11-14-41)28(38(50)52-16-13-23-5-9-29(43)31(45)17-23)21-53-39(26)56-40-37(49)36(48)35(47)33(20-42)55-40/h2-10,17-18,21,27,33,35-37,39-45,47-49H,11-16,19-20H2,1H3. The summed E-state index contributed by atoms with van der Waals surface area (Å²) in [6, 6.07) is 15.9. The molecule has 0 amide bonds. The molecule has 16 nitrogen and oxygen atoms in total. The Morgan fingerprint density at radius 3 is 2.09 bits per heavy atom. The van der Waals surface area contributed by atoms with Crippen molar-refractivity contribution in [2.75, 3.05) is 26.4 Å². The van der Waals surface area contributed by atoms with E-state index < -0.39 is 61.5 Å². The van der Waals surface area contributed by atoms with E-state index in [1.54, 1.807) is 49.4 Å². The summed E-state index contributed by atoms with van der Waals surface area (Å²) in [6.45, 7) is 0.696. The van der Waals surface area contributed by atoms with Crippen molar-refractivity contribution in [2.24, 2.45) is 5.92 Å². The van der Waals surface area contributed by atoms with Gasteiger partial charge in [0, 0.05) is 30.9 Å². The molecule has 0 radical (unpaired) electrons. The second-order valence-corrected chi connectivity index (χ2v) is 13.1. The number of allylic oxidation sites excluding steroid dienone is 1. The van der Waals surface area contributed by atoms with Crippen molar-refractivity contribution in [1.29, 1.82) is 0 Å². The zero-order chi connectivity index (χ0) is 40.4. The fraction of sp³-hybridized carbons (Fsp3) is 0.400. The Bertz CT molecular complexity index is 1860. The number of rotatable bonds is 16. The highest BCUT2D eigenvalue weighted by Crippen LogP contribution is 2.37. The molecular weight excluding hydrogens is 736 g/mol. The molecule has 1 fully saturated rings. The predicted octanol–water partition coefficient (Wildman–Crippen LogP) is 2.01. The smallest absolute Gasteiger partial charge is 0.337 e. The van der Waals surface area contributed by atoms with Gasteiger partial charge in [0.15, 0.2) is 29.3 Å². The molecule has 0 aromatic heterocycles. The molecule has 3 aromatic rings. The van der Waals surface area contributed by atoms with Crippen LogP contribution in [-0.2, 0) is 52.5 Å². The maximum atomic E-state index is 13.4. The van der Waals surface area contributed by atoms with Gasteiger partial charge in [-0.05, 0) is 66.4 Å². The van der Waals surface area contributed by atoms with Gasteiger partial charge in [-0.25, -0.2) is 4.79 Å². The van der Waals surface area contributed by atoms with E-state index >= 15 is 0 Å². The van der Waals surface area contributed by atoms with Crippen LogP contribution in [0.4, 0.5) is 0 Å². The topological polar surface area (TPSA) is 251 Å². The number of hydrogen-bond acceptors (Lipinski definition) is 16. The van der Waals surface area contributed by atoms with E-state index in [1.165, 1.54) is 24.3 Å². The van der Waals surface area contributed by atoms with Crippen molar-refractivity contribution in [2.45, 2.75) is 69.6 Å². The van der Waals surface area contributed by atoms with Crippen LogP contribution < -0.4 is 4.74 Å². The fourth-order valence-electron chi connectivity index (χ4n) is 6.16. The molecule has 302 valence electrons. The lowest BCUT2D eigenvalue weighted by molar-refractivity contribution is -0.327. The lowest BCUT2D eigenvalue weighted by Gasteiger charge is -2.42. The van der Waals surface area contributed by atoms with Gasteiger partial charge < -0.3 is 69.3 Å². The van der Waals surface area contributed by atoms with Crippen molar-refractivity contribution in [3.63, 3.8) is 0 Å². The molecule has 7 atom stereocenters. The van der Waals surface area contributed by atoms with Gasteiger partial charge in [-0.1, -0.05) is 30.3 Å². The van der Waals surface area contributed by atoms with Gasteiger partial charge in [0.25, 0.3) is 0 Å². The summed E-state index contributed by atoms with van der Waals surface area (Å²) in [6.07, 6.45) is -6.23. The minimum Gasteiger partial charge on any atom is -0.504 e. The third kappa shape index (κ3) is 10.6. The largest absolute Gasteiger partial charge is 0.504 e. The van der Waals surface area contributed by atoms with Gasteiger partial charge in [0.05, 0.1) is 38.1 Å². The van der Waals surface area contributed by atoms with Crippen LogP contribution in [0, 0.1) is 5.92 Å². The number of aliphatic hydroxyl groups is 5. The number of carbonyl (C=O) groups is 2. The van der Waals surface area contributed by atoms with Gasteiger partial charge in [-0.15, -0.1) is 0 Å². The first kappa shape index (κ1) is 42.0. The average Bonchev–Trinajstić information content (AvgIpc) is 3.18. The van der Waals surface area contributed by atoms with E-state index in [1.807, 2.05) is 0 Å². The van der Waals surface area contributed by atoms with Gasteiger partial charge in [0.2, 0.25) is 6.29 Å². The van der Waals surface area contributed by atoms with Crippen molar-refractivity contribution < 1.29 is 78.9 Å². The molecular formula is C40H46O16. The first-order valence-corrected chi connectivity index (χ1v) is 17.9. The Morgan fingerprint density at radius 1 is 0.768 bits per heavy atom. The lowest BCUT2D eigenvalue weighted by Crippen LogP contribution is -2.60. The Morgan fingerprint density at radius 2 is 1.43 bits per heavy atom. The van der Waals surface area contributed by atoms with Crippen molar-refractivity contribution in [1.82, 2.24) is 0 Å². The molecule has 1 saturated heterocycles. The quantitative estimate of drug-likeness (QED) is 0.0588. The molecule has 2 aliphatic rings. The Balaban J connectivity index is 1.26. The third-order valence-corrected chi connectivity index (χ3v) is 9.31. The molecule has 0 aliphatic carbocycles. The number of carbonyl (C=O) groups excluding carboxylic acids is 2. The molecule has 0 bridgehead atoms. The molecule has 7 unspecified atom stereocenters. The molecule has 2 heterocycles. The van der Waals surface area contributed by atoms with Crippen LogP contribution in [-0.4, -0.2) is 116 Å². The van der Waals surface area contributed by atoms with Crippen LogP contribution in [0.1, 0.15) is 30.0 Å². The molecule has 5 rings (SSSR count). The van der Waals surface area contributed by atoms with Gasteiger partial charge >= 0.3 is 11.9 Å². The van der Waals surface area contributed by atoms with Crippen molar-refractivity contribution in [3.8, 4) is 28.7 Å². The van der Waals surface area contributed by atoms with Crippen LogP contribution in [0.15, 0.2) is 84.1 Å². The van der Waals surface area contributed by atoms with E-state index in [9.17, 15) is 45.3 Å². The number of phenols is 3. The summed E-state index contributed by atoms with van der Waals surface area (Å²) in [7, 11) is 0. The number of hydrogen-bond donors (Lipinski definition) is 8. The molecule has 16 heteroatoms. The Labute approximate surface area is 322 Å². The van der Waals surface area contributed by atoms with E-state index in [0.717, 1.165) is 11.8 Å². The highest BCUT2D eigenvalue weighted by atomic mass is 16.8. The highest BCUT2D eigenvalue weighted by Gasteiger charge is 2.47. The molecule has 2 aliphatic heterocycles. The first-order chi connectivity index (χ1) is 26.9. The highest BCUT2D eigenvalue weighted by molar-refractivity contribution is 5.91. The summed E-state index contributed by atoms with van der Waals surface area (Å²) in [5, 5.41) is 79.5. The Kier molecular flexibility index (Phi) is 14.7. The zero-order valence-corrected chi connectivity index (χ0v) is 30.5. The first-order valence-electron chi connectivity index (χ1n) is 17.9. The van der Waals surface area contributed by atoms with Gasteiger partial charge in [-0.3, -0.25) is 4.79 Å². The normalized spacial score (nSPS) is 24.2. The summed E-state index contributed by atoms with van der Waals surface area (Å²) in [5.74, 6) is -2.66. The zero-order valence-electron chi connectivity index (χ0n) is 30.5. The van der Waals surface area contributed by atoms with E-state index in [4.69, 9.17) is 33.5 Å². The van der Waals surface area contributed by atoms with Crippen molar-refractivity contribution in [3.05, 3.63) is 101 Å². The molecule has 0 spiro atoms. The molecule has 3 aromatic carbocycles. The van der Waals surface area contributed by atoms with E-state index in [0.29, 0.717) is 23.3 Å². The lowest BCUT2D eigenvalue weighted by atomic mass is 9.86. The van der Waals surface area contributed by atoms with E-state index in [-0.39, 0.29) is 73.2 Å². The number of benzene rings is 3. The predicted molar refractivity (Wildman–Crippen MR) is 194 cm³/mol. The Hall–Kier alpha value is -5.20. The number of esters is 2. The fourth-order valence-corrected chi connectivity index (χ4v) is 6.16. The molecule has 56 heavy (non-hydrogen) atoms. The molecule has 8 N–H and O–H groups in total. The summed E-state index contributed by atoms with van der Waals surface area (Å²) in [5.41, 5.74) is 2.35. The number of aromatic hydroxyl groups is 3. The monoisotopic (exact) mass is 782 g/mol. The third-order valence-electron chi connectivity index (χ3n) is 9.31. The van der Waals surface area contributed by atoms with Gasteiger partial charge in [0.1, 0.15) is 30.2 Å². The SMILES string of the molecule is CC=C1C(OC2OC(CO)C(O)C(O)C2O)OC=C(C(=O)OCCc2ccc(O)c(O)c2)C1CC(=O)OCCc1ccc(O)c(Oc2ccc(CCO)cc2)c1. The summed E-state index contributed by atoms with van der Waals surface area (Å²) < 4.78 is 33.9. The summed E-state index contributed by atoms with van der Waals surface area (Å²) >= 11 is 0. The summed E-state index contributed by atoms with van der Waals surface area (Å²) in [4.78, 5) is 26.8. The van der Waals surface area contributed by atoms with Crippen LogP contribution in [0.2, 0.25) is 0 Å². The maximum Gasteiger partial charge on any atom is 0.337 e. The van der Waals surface area contributed by atoms with E-state index in [2.05, 4.69) is 0 Å². The minimum atomic E-state index is -1.75. The van der Waals surface area contributed by atoms with Crippen LogP contribution >= 0.6 is 0 Å². The second kappa shape index (κ2) is 19.6. The average molecular weight is 783 g/mol. The number of aliphatic hydroxyl groups excluding tert-OH is 5. The molecule has 0 saturated carbocycles. The minimum absolute atomic E-state index is 0.0143. The van der Waals surface area contributed by atoms with Crippen LogP contribution in [0.5, 0.6) is 28.7 Å². The number of phenolic OH excluding ortho intramolecular Hbond substituents is 3. The van der Waals surface area contributed by atoms with Crippen LogP contribution in [0.3, 0.4) is 0 Å². The number of ether oxygens (including phenoxy) is 6. The van der Waals surface area contributed by atoms with Crippen molar-refractivity contribution >= 4 is 11.9 Å². The van der Waals surface area contributed by atoms with Gasteiger partial charge in [-0.2, -0.15) is 0 Å².